The molecule has 2 N–H and O–H groups in total. The minimum atomic E-state index is -0.179. The first kappa shape index (κ1) is 11.1. The Balaban J connectivity index is 2.05. The molecule has 16 heavy (non-hydrogen) atoms. The van der Waals surface area contributed by atoms with Crippen LogP contribution in [0.1, 0.15) is 25.7 Å². The SMILES string of the molecule is CNC1CCCCC1Oc1cc(=O)[nH]cn1. The predicted octanol–water partition coefficient (Wildman–Crippen LogP) is 0.679. The van der Waals surface area contributed by atoms with E-state index in [9.17, 15) is 4.79 Å². The van der Waals surface area contributed by atoms with Crippen molar-refractivity contribution in [3.63, 3.8) is 0 Å². The average molecular weight is 223 g/mol. The molecule has 1 fully saturated rings. The number of aromatic nitrogens is 2. The van der Waals surface area contributed by atoms with Crippen LogP contribution in [0.25, 0.3) is 0 Å². The largest absolute Gasteiger partial charge is 0.473 e. The Morgan fingerprint density at radius 1 is 1.50 bits per heavy atom. The first-order valence-corrected chi connectivity index (χ1v) is 5.68. The average Bonchev–Trinajstić information content (AvgIpc) is 2.30. The Hall–Kier alpha value is -1.36. The molecule has 1 saturated carbocycles. The van der Waals surface area contributed by atoms with E-state index in [1.165, 1.54) is 25.2 Å². The number of rotatable bonds is 3. The predicted molar refractivity (Wildman–Crippen MR) is 60.6 cm³/mol. The molecule has 2 atom stereocenters. The summed E-state index contributed by atoms with van der Waals surface area (Å²) in [5.41, 5.74) is -0.179. The van der Waals surface area contributed by atoms with Gasteiger partial charge in [-0.25, -0.2) is 4.98 Å². The van der Waals surface area contributed by atoms with Crippen molar-refractivity contribution in [1.29, 1.82) is 0 Å². The monoisotopic (exact) mass is 223 g/mol. The van der Waals surface area contributed by atoms with Crippen LogP contribution in [-0.2, 0) is 0 Å². The number of hydrogen-bond donors (Lipinski definition) is 2. The highest BCUT2D eigenvalue weighted by molar-refractivity contribution is 5.06. The van der Waals surface area contributed by atoms with E-state index < -0.39 is 0 Å². The number of ether oxygens (including phenoxy) is 1. The van der Waals surface area contributed by atoms with E-state index in [-0.39, 0.29) is 11.7 Å². The molecule has 0 radical (unpaired) electrons. The fourth-order valence-corrected chi connectivity index (χ4v) is 2.14. The fraction of sp³-hybridized carbons (Fsp3) is 0.636. The highest BCUT2D eigenvalue weighted by atomic mass is 16.5. The molecule has 0 amide bonds. The molecule has 1 heterocycles. The minimum absolute atomic E-state index is 0.119. The summed E-state index contributed by atoms with van der Waals surface area (Å²) in [7, 11) is 1.94. The number of aromatic amines is 1. The number of hydrogen-bond acceptors (Lipinski definition) is 4. The van der Waals surface area contributed by atoms with Crippen molar-refractivity contribution >= 4 is 0 Å². The third kappa shape index (κ3) is 2.61. The second kappa shape index (κ2) is 5.12. The Morgan fingerprint density at radius 2 is 2.31 bits per heavy atom. The van der Waals surface area contributed by atoms with Crippen LogP contribution < -0.4 is 15.6 Å². The number of likely N-dealkylation sites (N-methyl/N-ethyl adjacent to an activating group) is 1. The summed E-state index contributed by atoms with van der Waals surface area (Å²) in [6.45, 7) is 0. The van der Waals surface area contributed by atoms with Gasteiger partial charge in [-0.1, -0.05) is 6.42 Å². The molecule has 1 aromatic heterocycles. The molecule has 0 aromatic carbocycles. The van der Waals surface area contributed by atoms with Crippen LogP contribution in [0.3, 0.4) is 0 Å². The first-order valence-electron chi connectivity index (χ1n) is 5.68. The smallest absolute Gasteiger partial charge is 0.254 e. The van der Waals surface area contributed by atoms with Crippen LogP contribution in [-0.4, -0.2) is 29.2 Å². The normalized spacial score (nSPS) is 25.3. The Kier molecular flexibility index (Phi) is 3.56. The summed E-state index contributed by atoms with van der Waals surface area (Å²) in [5.74, 6) is 0.413. The van der Waals surface area contributed by atoms with E-state index in [4.69, 9.17) is 4.74 Å². The summed E-state index contributed by atoms with van der Waals surface area (Å²) >= 11 is 0. The summed E-state index contributed by atoms with van der Waals surface area (Å²) in [4.78, 5) is 17.6. The lowest BCUT2D eigenvalue weighted by molar-refractivity contribution is 0.112. The van der Waals surface area contributed by atoms with Crippen LogP contribution in [0, 0.1) is 0 Å². The van der Waals surface area contributed by atoms with Gasteiger partial charge in [-0.3, -0.25) is 4.79 Å². The molecule has 2 unspecified atom stereocenters. The molecule has 88 valence electrons. The standard InChI is InChI=1S/C11H17N3O2/c1-12-8-4-2-3-5-9(8)16-11-6-10(15)13-7-14-11/h6-9,12H,2-5H2,1H3,(H,13,14,15). The third-order valence-electron chi connectivity index (χ3n) is 3.00. The van der Waals surface area contributed by atoms with Gasteiger partial charge in [-0.2, -0.15) is 0 Å². The Labute approximate surface area is 94.2 Å². The topological polar surface area (TPSA) is 67.0 Å². The maximum Gasteiger partial charge on any atom is 0.254 e. The van der Waals surface area contributed by atoms with E-state index in [0.29, 0.717) is 11.9 Å². The fourth-order valence-electron chi connectivity index (χ4n) is 2.14. The zero-order chi connectivity index (χ0) is 11.4. The van der Waals surface area contributed by atoms with E-state index in [0.717, 1.165) is 12.8 Å². The van der Waals surface area contributed by atoms with Crippen molar-refractivity contribution in [2.24, 2.45) is 0 Å². The van der Waals surface area contributed by atoms with Gasteiger partial charge in [-0.15, -0.1) is 0 Å². The lowest BCUT2D eigenvalue weighted by Crippen LogP contribution is -2.43. The lowest BCUT2D eigenvalue weighted by Gasteiger charge is -2.31. The lowest BCUT2D eigenvalue weighted by atomic mass is 9.92. The third-order valence-corrected chi connectivity index (χ3v) is 3.00. The molecular formula is C11H17N3O2. The number of nitrogens with one attached hydrogen (secondary N) is 2. The zero-order valence-corrected chi connectivity index (χ0v) is 9.40. The molecule has 0 bridgehead atoms. The maximum absolute atomic E-state index is 11.1. The molecule has 1 aromatic rings. The van der Waals surface area contributed by atoms with Crippen LogP contribution >= 0.6 is 0 Å². The van der Waals surface area contributed by atoms with Gasteiger partial charge in [0.15, 0.2) is 0 Å². The minimum Gasteiger partial charge on any atom is -0.473 e. The van der Waals surface area contributed by atoms with E-state index in [1.807, 2.05) is 7.05 Å². The van der Waals surface area contributed by atoms with E-state index in [1.54, 1.807) is 0 Å². The Bertz CT molecular complexity index is 391. The van der Waals surface area contributed by atoms with Crippen LogP contribution in [0.15, 0.2) is 17.2 Å². The van der Waals surface area contributed by atoms with Gasteiger partial charge in [0.1, 0.15) is 6.10 Å². The van der Waals surface area contributed by atoms with Crippen molar-refractivity contribution in [1.82, 2.24) is 15.3 Å². The van der Waals surface area contributed by atoms with Crippen molar-refractivity contribution in [2.75, 3.05) is 7.05 Å². The maximum atomic E-state index is 11.1. The number of H-pyrrole nitrogens is 1. The van der Waals surface area contributed by atoms with Crippen molar-refractivity contribution < 1.29 is 4.74 Å². The van der Waals surface area contributed by atoms with Gasteiger partial charge >= 0.3 is 0 Å². The van der Waals surface area contributed by atoms with Crippen molar-refractivity contribution in [3.05, 3.63) is 22.7 Å². The van der Waals surface area contributed by atoms with Crippen LogP contribution in [0.5, 0.6) is 5.88 Å². The van der Waals surface area contributed by atoms with Crippen LogP contribution in [0.2, 0.25) is 0 Å². The van der Waals surface area contributed by atoms with Gasteiger partial charge in [0.05, 0.1) is 12.4 Å². The molecule has 1 aliphatic rings. The van der Waals surface area contributed by atoms with Crippen LogP contribution in [0.4, 0.5) is 0 Å². The molecule has 0 saturated heterocycles. The molecule has 5 nitrogen and oxygen atoms in total. The highest BCUT2D eigenvalue weighted by Crippen LogP contribution is 2.21. The van der Waals surface area contributed by atoms with E-state index >= 15 is 0 Å². The molecule has 1 aliphatic carbocycles. The summed E-state index contributed by atoms with van der Waals surface area (Å²) in [6.07, 6.45) is 6.02. The second-order valence-electron chi connectivity index (χ2n) is 4.09. The first-order chi connectivity index (χ1) is 7.79. The van der Waals surface area contributed by atoms with Gasteiger partial charge in [0.25, 0.3) is 5.56 Å². The zero-order valence-electron chi connectivity index (χ0n) is 9.40. The summed E-state index contributed by atoms with van der Waals surface area (Å²) in [5, 5.41) is 3.25. The highest BCUT2D eigenvalue weighted by Gasteiger charge is 2.25. The van der Waals surface area contributed by atoms with Gasteiger partial charge < -0.3 is 15.0 Å². The summed E-state index contributed by atoms with van der Waals surface area (Å²) < 4.78 is 5.75. The molecule has 0 aliphatic heterocycles. The summed E-state index contributed by atoms with van der Waals surface area (Å²) in [6, 6.07) is 1.75. The van der Waals surface area contributed by atoms with Gasteiger partial charge in [0.2, 0.25) is 5.88 Å². The number of nitrogens with zero attached hydrogens (tertiary/aromatic N) is 1. The van der Waals surface area contributed by atoms with Crippen molar-refractivity contribution in [2.45, 2.75) is 37.8 Å². The van der Waals surface area contributed by atoms with E-state index in [2.05, 4.69) is 15.3 Å². The quantitative estimate of drug-likeness (QED) is 0.790. The molecular weight excluding hydrogens is 206 g/mol. The van der Waals surface area contributed by atoms with Gasteiger partial charge in [-0.05, 0) is 26.3 Å². The molecule has 0 spiro atoms. The molecule has 2 rings (SSSR count). The molecule has 5 heteroatoms. The second-order valence-corrected chi connectivity index (χ2v) is 4.09. The van der Waals surface area contributed by atoms with Crippen molar-refractivity contribution in [3.8, 4) is 5.88 Å². The Morgan fingerprint density at radius 3 is 3.06 bits per heavy atom. The van der Waals surface area contributed by atoms with Gasteiger partial charge in [0, 0.05) is 6.04 Å².